The van der Waals surface area contributed by atoms with Crippen molar-refractivity contribution in [2.24, 2.45) is 11.7 Å². The van der Waals surface area contributed by atoms with Gasteiger partial charge in [0.15, 0.2) is 0 Å². The van der Waals surface area contributed by atoms with Crippen LogP contribution in [-0.2, 0) is 12.7 Å². The Morgan fingerprint density at radius 3 is 2.20 bits per heavy atom. The molecule has 5 nitrogen and oxygen atoms in total. The first kappa shape index (κ1) is 27.2. The zero-order valence-corrected chi connectivity index (χ0v) is 20.0. The predicted molar refractivity (Wildman–Crippen MR) is 125 cm³/mol. The fourth-order valence-electron chi connectivity index (χ4n) is 4.97. The summed E-state index contributed by atoms with van der Waals surface area (Å²) in [6.45, 7) is 1.88. The van der Waals surface area contributed by atoms with Crippen LogP contribution in [0.3, 0.4) is 0 Å². The van der Waals surface area contributed by atoms with Gasteiger partial charge in [0.1, 0.15) is 5.82 Å². The molecule has 0 spiro atoms. The molecule has 2 aliphatic rings. The quantitative estimate of drug-likeness (QED) is 0.481. The third-order valence-corrected chi connectivity index (χ3v) is 7.06. The number of halogens is 4. The van der Waals surface area contributed by atoms with Crippen LogP contribution in [0.25, 0.3) is 11.3 Å². The van der Waals surface area contributed by atoms with Crippen molar-refractivity contribution in [2.45, 2.75) is 89.6 Å². The van der Waals surface area contributed by atoms with Crippen molar-refractivity contribution in [3.63, 3.8) is 0 Å². The van der Waals surface area contributed by atoms with Crippen molar-refractivity contribution in [3.05, 3.63) is 46.9 Å². The van der Waals surface area contributed by atoms with E-state index in [9.17, 15) is 27.5 Å². The first-order valence-electron chi connectivity index (χ1n) is 12.2. The van der Waals surface area contributed by atoms with Gasteiger partial charge >= 0.3 is 6.18 Å². The first-order valence-corrected chi connectivity index (χ1v) is 12.2. The Morgan fingerprint density at radius 2 is 1.66 bits per heavy atom. The molecule has 9 heteroatoms. The number of benzene rings is 1. The number of hydrogen-bond donors (Lipinski definition) is 3. The Hall–Kier alpha value is -2.39. The number of rotatable bonds is 4. The Bertz CT molecular complexity index is 1010. The first-order chi connectivity index (χ1) is 16.5. The van der Waals surface area contributed by atoms with Gasteiger partial charge in [0.2, 0.25) is 0 Å². The molecule has 1 aromatic carbocycles. The van der Waals surface area contributed by atoms with Crippen LogP contribution in [0, 0.1) is 18.7 Å². The van der Waals surface area contributed by atoms with Crippen molar-refractivity contribution in [1.29, 1.82) is 0 Å². The normalized spacial score (nSPS) is 21.3. The minimum Gasteiger partial charge on any atom is -0.393 e. The van der Waals surface area contributed by atoms with Crippen LogP contribution < -0.4 is 5.73 Å². The number of aliphatic hydroxyl groups excluding tert-OH is 2. The number of alkyl halides is 3. The summed E-state index contributed by atoms with van der Waals surface area (Å²) in [5.74, 6) is -1.70. The minimum absolute atomic E-state index is 0.0359. The van der Waals surface area contributed by atoms with Gasteiger partial charge in [0, 0.05) is 23.7 Å². The average molecular weight is 499 g/mol. The Labute approximate surface area is 202 Å². The summed E-state index contributed by atoms with van der Waals surface area (Å²) in [6.07, 6.45) is 3.97. The molecule has 4 rings (SSSR count). The van der Waals surface area contributed by atoms with E-state index in [0.717, 1.165) is 44.2 Å². The number of nitrogens with two attached hydrogens (primary N) is 1. The van der Waals surface area contributed by atoms with Gasteiger partial charge < -0.3 is 20.5 Å². The van der Waals surface area contributed by atoms with Crippen molar-refractivity contribution < 1.29 is 32.6 Å². The fourth-order valence-corrected chi connectivity index (χ4v) is 4.97. The zero-order valence-electron chi connectivity index (χ0n) is 20.0. The van der Waals surface area contributed by atoms with Gasteiger partial charge in [0.25, 0.3) is 5.91 Å². The standard InChI is InChI=1S/C20H22F4N2O2.C6H12O/c1-11-14(19(25)28)9-17(26(11)10-12-4-2-3-5-18(12)27)15-8-13(20(22,23)24)6-7-16(15)21;7-6-4-2-1-3-5-6/h6-9,12,18,27H,2-5,10H2,1H3,(H2,25,28);6-7H,1-5H2. The second-order valence-electron chi connectivity index (χ2n) is 9.60. The van der Waals surface area contributed by atoms with E-state index in [4.69, 9.17) is 10.8 Å². The number of nitrogens with zero attached hydrogens (tertiary/aromatic N) is 1. The average Bonchev–Trinajstić information content (AvgIpc) is 3.12. The topological polar surface area (TPSA) is 88.5 Å². The number of carbonyl (C=O) groups is 1. The summed E-state index contributed by atoms with van der Waals surface area (Å²) in [6, 6.07) is 3.51. The maximum Gasteiger partial charge on any atom is 0.416 e. The molecule has 2 fully saturated rings. The van der Waals surface area contributed by atoms with Crippen LogP contribution in [0.2, 0.25) is 0 Å². The summed E-state index contributed by atoms with van der Waals surface area (Å²) in [5.41, 5.74) is 4.87. The second-order valence-corrected chi connectivity index (χ2v) is 9.60. The number of aliphatic hydroxyl groups is 2. The van der Waals surface area contributed by atoms with Crippen LogP contribution in [0.5, 0.6) is 0 Å². The highest BCUT2D eigenvalue weighted by Gasteiger charge is 2.32. The lowest BCUT2D eigenvalue weighted by Crippen LogP contribution is -2.29. The largest absolute Gasteiger partial charge is 0.416 e. The SMILES string of the molecule is Cc1c(C(N)=O)cc(-c2cc(C(F)(F)F)ccc2F)n1CC1CCCCC1O.OC1CCCCC1. The molecule has 194 valence electrons. The molecule has 2 saturated carbocycles. The molecule has 2 atom stereocenters. The van der Waals surface area contributed by atoms with E-state index < -0.39 is 29.6 Å². The Morgan fingerprint density at radius 1 is 1.03 bits per heavy atom. The van der Waals surface area contributed by atoms with E-state index in [-0.39, 0.29) is 35.4 Å². The lowest BCUT2D eigenvalue weighted by atomic mass is 9.86. The molecule has 2 aromatic rings. The Kier molecular flexibility index (Phi) is 8.99. The number of amides is 1. The smallest absolute Gasteiger partial charge is 0.393 e. The molecule has 0 aliphatic heterocycles. The molecular weight excluding hydrogens is 464 g/mol. The Balaban J connectivity index is 0.000000420. The molecule has 0 bridgehead atoms. The van der Waals surface area contributed by atoms with Gasteiger partial charge in [0.05, 0.1) is 29.0 Å². The maximum atomic E-state index is 14.5. The summed E-state index contributed by atoms with van der Waals surface area (Å²) in [4.78, 5) is 11.8. The second kappa shape index (κ2) is 11.6. The van der Waals surface area contributed by atoms with Gasteiger partial charge in [-0.05, 0) is 56.9 Å². The molecule has 1 heterocycles. The van der Waals surface area contributed by atoms with Crippen molar-refractivity contribution >= 4 is 5.91 Å². The van der Waals surface area contributed by atoms with Gasteiger partial charge in [-0.3, -0.25) is 4.79 Å². The number of carbonyl (C=O) groups excluding carboxylic acids is 1. The molecule has 2 unspecified atom stereocenters. The highest BCUT2D eigenvalue weighted by Crippen LogP contribution is 2.36. The molecule has 1 amide bonds. The molecule has 1 aromatic heterocycles. The highest BCUT2D eigenvalue weighted by atomic mass is 19.4. The number of hydrogen-bond acceptors (Lipinski definition) is 3. The third kappa shape index (κ3) is 6.85. The molecule has 35 heavy (non-hydrogen) atoms. The van der Waals surface area contributed by atoms with E-state index >= 15 is 0 Å². The summed E-state index contributed by atoms with van der Waals surface area (Å²) in [5, 5.41) is 19.2. The highest BCUT2D eigenvalue weighted by molar-refractivity contribution is 5.95. The van der Waals surface area contributed by atoms with E-state index in [1.165, 1.54) is 25.3 Å². The van der Waals surface area contributed by atoms with Crippen LogP contribution in [0.1, 0.15) is 79.4 Å². The van der Waals surface area contributed by atoms with Gasteiger partial charge in [-0.25, -0.2) is 4.39 Å². The summed E-state index contributed by atoms with van der Waals surface area (Å²) in [7, 11) is 0. The van der Waals surface area contributed by atoms with Crippen LogP contribution in [0.15, 0.2) is 24.3 Å². The van der Waals surface area contributed by atoms with Crippen LogP contribution in [0.4, 0.5) is 17.6 Å². The molecule has 2 aliphatic carbocycles. The zero-order chi connectivity index (χ0) is 25.8. The molecule has 0 radical (unpaired) electrons. The van der Waals surface area contributed by atoms with Crippen molar-refractivity contribution in [3.8, 4) is 11.3 Å². The van der Waals surface area contributed by atoms with E-state index in [2.05, 4.69) is 0 Å². The third-order valence-electron chi connectivity index (χ3n) is 7.06. The van der Waals surface area contributed by atoms with Crippen LogP contribution >= 0.6 is 0 Å². The van der Waals surface area contributed by atoms with Crippen molar-refractivity contribution in [2.75, 3.05) is 0 Å². The van der Waals surface area contributed by atoms with Crippen molar-refractivity contribution in [1.82, 2.24) is 4.57 Å². The van der Waals surface area contributed by atoms with Gasteiger partial charge in [-0.2, -0.15) is 13.2 Å². The lowest BCUT2D eigenvalue weighted by Gasteiger charge is -2.29. The van der Waals surface area contributed by atoms with E-state index in [1.807, 2.05) is 0 Å². The summed E-state index contributed by atoms with van der Waals surface area (Å²) < 4.78 is 55.4. The van der Waals surface area contributed by atoms with E-state index in [0.29, 0.717) is 18.2 Å². The van der Waals surface area contributed by atoms with Gasteiger partial charge in [-0.15, -0.1) is 0 Å². The lowest BCUT2D eigenvalue weighted by molar-refractivity contribution is -0.137. The van der Waals surface area contributed by atoms with Crippen LogP contribution in [-0.4, -0.2) is 32.9 Å². The molecule has 0 saturated heterocycles. The fraction of sp³-hybridized carbons (Fsp3) is 0.577. The monoisotopic (exact) mass is 498 g/mol. The minimum atomic E-state index is -4.62. The number of primary amides is 1. The number of aromatic nitrogens is 1. The molecule has 4 N–H and O–H groups in total. The summed E-state index contributed by atoms with van der Waals surface area (Å²) >= 11 is 0. The van der Waals surface area contributed by atoms with Gasteiger partial charge in [-0.1, -0.05) is 32.1 Å². The van der Waals surface area contributed by atoms with E-state index in [1.54, 1.807) is 11.5 Å². The maximum absolute atomic E-state index is 14.5. The predicted octanol–water partition coefficient (Wildman–Crippen LogP) is 5.58. The molecular formula is C26H34F4N2O3.